The van der Waals surface area contributed by atoms with Crippen LogP contribution < -0.4 is 5.32 Å². The van der Waals surface area contributed by atoms with Gasteiger partial charge in [-0.1, -0.05) is 35.9 Å². The van der Waals surface area contributed by atoms with E-state index in [1.54, 1.807) is 22.8 Å². The van der Waals surface area contributed by atoms with Crippen LogP contribution in [0.1, 0.15) is 49.6 Å². The third-order valence-electron chi connectivity index (χ3n) is 5.69. The van der Waals surface area contributed by atoms with Crippen molar-refractivity contribution < 1.29 is 9.18 Å². The van der Waals surface area contributed by atoms with Crippen LogP contribution >= 0.6 is 0 Å². The van der Waals surface area contributed by atoms with E-state index in [9.17, 15) is 9.18 Å². The zero-order valence-corrected chi connectivity index (χ0v) is 18.2. The fraction of sp³-hybridized carbons (Fsp3) is 0.240. The number of benzene rings is 2. The van der Waals surface area contributed by atoms with E-state index in [0.717, 1.165) is 28.9 Å². The van der Waals surface area contributed by atoms with Gasteiger partial charge in [0.2, 0.25) is 0 Å². The molecule has 0 saturated carbocycles. The maximum absolute atomic E-state index is 13.1. The summed E-state index contributed by atoms with van der Waals surface area (Å²) >= 11 is 0. The minimum atomic E-state index is -0.301. The van der Waals surface area contributed by atoms with E-state index < -0.39 is 0 Å². The molecular weight excluding hydrogens is 391 g/mol. The van der Waals surface area contributed by atoms with Crippen LogP contribution in [0.3, 0.4) is 0 Å². The highest BCUT2D eigenvalue weighted by Gasteiger charge is 2.18. The van der Waals surface area contributed by atoms with Crippen molar-refractivity contribution in [1.29, 1.82) is 0 Å². The molecule has 0 aliphatic rings. The molecule has 0 saturated heterocycles. The predicted octanol–water partition coefficient (Wildman–Crippen LogP) is 4.62. The lowest BCUT2D eigenvalue weighted by Gasteiger charge is -2.14. The van der Waals surface area contributed by atoms with Crippen molar-refractivity contribution in [1.82, 2.24) is 19.9 Å². The maximum Gasteiger partial charge on any atom is 0.257 e. The van der Waals surface area contributed by atoms with Gasteiger partial charge < -0.3 is 5.32 Å². The largest absolute Gasteiger partial charge is 0.348 e. The lowest BCUT2D eigenvalue weighted by molar-refractivity contribution is 0.0952. The molecule has 31 heavy (non-hydrogen) atoms. The Balaban J connectivity index is 1.62. The van der Waals surface area contributed by atoms with Crippen LogP contribution in [0.15, 0.2) is 48.7 Å². The quantitative estimate of drug-likeness (QED) is 0.516. The smallest absolute Gasteiger partial charge is 0.257 e. The van der Waals surface area contributed by atoms with Crippen molar-refractivity contribution in [3.8, 4) is 0 Å². The minimum Gasteiger partial charge on any atom is -0.348 e. The fourth-order valence-corrected chi connectivity index (χ4v) is 3.79. The molecular formula is C25H25FN4O. The van der Waals surface area contributed by atoms with E-state index in [1.807, 2.05) is 13.8 Å². The summed E-state index contributed by atoms with van der Waals surface area (Å²) in [5.74, 6) is -0.558. The van der Waals surface area contributed by atoms with Crippen LogP contribution in [0.25, 0.3) is 5.65 Å². The first-order chi connectivity index (χ1) is 14.8. The maximum atomic E-state index is 13.1. The van der Waals surface area contributed by atoms with Gasteiger partial charge in [-0.3, -0.25) is 4.79 Å². The number of halogens is 1. The number of carbonyl (C=O) groups is 1. The van der Waals surface area contributed by atoms with Gasteiger partial charge >= 0.3 is 0 Å². The van der Waals surface area contributed by atoms with Gasteiger partial charge in [-0.25, -0.2) is 13.9 Å². The lowest BCUT2D eigenvalue weighted by Crippen LogP contribution is -2.23. The van der Waals surface area contributed by atoms with Gasteiger partial charge in [-0.15, -0.1) is 0 Å². The first-order valence-corrected chi connectivity index (χ1v) is 10.3. The number of carbonyl (C=O) groups excluding carboxylic acids is 1. The van der Waals surface area contributed by atoms with Gasteiger partial charge in [0, 0.05) is 24.4 Å². The number of hydrogen-bond donors (Lipinski definition) is 1. The number of fused-ring (bicyclic) bond motifs is 1. The normalized spacial score (nSPS) is 11.1. The summed E-state index contributed by atoms with van der Waals surface area (Å²) in [7, 11) is 0. The summed E-state index contributed by atoms with van der Waals surface area (Å²) < 4.78 is 14.8. The third-order valence-corrected chi connectivity index (χ3v) is 5.69. The second kappa shape index (κ2) is 8.30. The van der Waals surface area contributed by atoms with Gasteiger partial charge in [0.05, 0.1) is 6.20 Å². The van der Waals surface area contributed by atoms with Crippen molar-refractivity contribution in [3.05, 3.63) is 99.2 Å². The fourth-order valence-electron chi connectivity index (χ4n) is 3.79. The van der Waals surface area contributed by atoms with Crippen LogP contribution in [0.4, 0.5) is 4.39 Å². The van der Waals surface area contributed by atoms with Crippen molar-refractivity contribution in [2.24, 2.45) is 0 Å². The first-order valence-electron chi connectivity index (χ1n) is 10.3. The summed E-state index contributed by atoms with van der Waals surface area (Å²) in [4.78, 5) is 17.5. The average molecular weight is 417 g/mol. The summed E-state index contributed by atoms with van der Waals surface area (Å²) in [5.41, 5.74) is 8.49. The Morgan fingerprint density at radius 2 is 1.81 bits per heavy atom. The molecule has 0 unspecified atom stereocenters. The summed E-state index contributed by atoms with van der Waals surface area (Å²) in [6.07, 6.45) is 2.32. The Kier molecular flexibility index (Phi) is 5.55. The SMILES string of the molecule is Cc1ccc(C)c(Cc2c(C)nc3c(C(=O)NCc4ccc(F)cc4)cnn3c2C)c1. The summed E-state index contributed by atoms with van der Waals surface area (Å²) in [5, 5.41) is 7.30. The van der Waals surface area contributed by atoms with E-state index in [1.165, 1.54) is 28.8 Å². The van der Waals surface area contributed by atoms with Crippen LogP contribution in [0.2, 0.25) is 0 Å². The Hall–Kier alpha value is -3.54. The Labute approximate surface area is 181 Å². The number of aromatic nitrogens is 3. The van der Waals surface area contributed by atoms with Crippen molar-refractivity contribution >= 4 is 11.6 Å². The number of aryl methyl sites for hydroxylation is 4. The average Bonchev–Trinajstić information content (AvgIpc) is 3.17. The summed E-state index contributed by atoms with van der Waals surface area (Å²) in [6, 6.07) is 12.5. The van der Waals surface area contributed by atoms with Gasteiger partial charge in [-0.05, 0) is 62.1 Å². The lowest BCUT2D eigenvalue weighted by atomic mass is 9.97. The number of hydrogen-bond acceptors (Lipinski definition) is 3. The van der Waals surface area contributed by atoms with Gasteiger partial charge in [0.25, 0.3) is 5.91 Å². The molecule has 5 nitrogen and oxygen atoms in total. The molecule has 0 fully saturated rings. The van der Waals surface area contributed by atoms with Crippen LogP contribution in [-0.2, 0) is 13.0 Å². The van der Waals surface area contributed by atoms with Crippen molar-refractivity contribution in [2.45, 2.75) is 40.7 Å². The van der Waals surface area contributed by atoms with Crippen LogP contribution in [-0.4, -0.2) is 20.5 Å². The Morgan fingerprint density at radius 1 is 1.06 bits per heavy atom. The number of nitrogens with zero attached hydrogens (tertiary/aromatic N) is 3. The molecule has 6 heteroatoms. The molecule has 0 aliphatic carbocycles. The standard InChI is InChI=1S/C25H25FN4O/c1-15-5-6-16(2)20(11-15)12-22-17(3)29-24-23(14-28-30(24)18(22)4)25(31)27-13-19-7-9-21(26)10-8-19/h5-11,14H,12-13H2,1-4H3,(H,27,31). The Morgan fingerprint density at radius 3 is 2.55 bits per heavy atom. The van der Waals surface area contributed by atoms with E-state index in [0.29, 0.717) is 17.8 Å². The zero-order chi connectivity index (χ0) is 22.1. The minimum absolute atomic E-state index is 0.257. The molecule has 0 aliphatic heterocycles. The van der Waals surface area contributed by atoms with E-state index >= 15 is 0 Å². The van der Waals surface area contributed by atoms with Crippen LogP contribution in [0.5, 0.6) is 0 Å². The zero-order valence-electron chi connectivity index (χ0n) is 18.2. The van der Waals surface area contributed by atoms with Crippen molar-refractivity contribution in [3.63, 3.8) is 0 Å². The first kappa shape index (κ1) is 20.7. The van der Waals surface area contributed by atoms with Crippen molar-refractivity contribution in [2.75, 3.05) is 0 Å². The van der Waals surface area contributed by atoms with E-state index in [4.69, 9.17) is 4.98 Å². The highest BCUT2D eigenvalue weighted by Crippen LogP contribution is 2.22. The molecule has 4 aromatic rings. The van der Waals surface area contributed by atoms with Gasteiger partial charge in [0.1, 0.15) is 11.4 Å². The predicted molar refractivity (Wildman–Crippen MR) is 119 cm³/mol. The molecule has 2 aromatic carbocycles. The molecule has 158 valence electrons. The molecule has 0 bridgehead atoms. The molecule has 1 N–H and O–H groups in total. The number of nitrogens with one attached hydrogen (secondary N) is 1. The molecule has 0 atom stereocenters. The molecule has 1 amide bonds. The highest BCUT2D eigenvalue weighted by atomic mass is 19.1. The second-order valence-electron chi connectivity index (χ2n) is 7.97. The molecule has 2 aromatic heterocycles. The van der Waals surface area contributed by atoms with E-state index in [2.05, 4.69) is 42.5 Å². The molecule has 0 radical (unpaired) electrons. The number of amides is 1. The van der Waals surface area contributed by atoms with Gasteiger partial charge in [0.15, 0.2) is 5.65 Å². The third kappa shape index (κ3) is 4.19. The topological polar surface area (TPSA) is 59.3 Å². The second-order valence-corrected chi connectivity index (χ2v) is 7.97. The van der Waals surface area contributed by atoms with E-state index in [-0.39, 0.29) is 11.7 Å². The summed E-state index contributed by atoms with van der Waals surface area (Å²) in [6.45, 7) is 8.49. The highest BCUT2D eigenvalue weighted by molar-refractivity contribution is 5.99. The molecule has 4 rings (SSSR count). The van der Waals surface area contributed by atoms with Gasteiger partial charge in [-0.2, -0.15) is 5.10 Å². The molecule has 0 spiro atoms. The Bertz CT molecular complexity index is 1280. The monoisotopic (exact) mass is 416 g/mol. The van der Waals surface area contributed by atoms with Crippen LogP contribution in [0, 0.1) is 33.5 Å². The number of rotatable bonds is 5. The molecule has 2 heterocycles.